The molecule has 0 aliphatic rings. The van der Waals surface area contributed by atoms with Gasteiger partial charge in [-0.2, -0.15) is 0 Å². The van der Waals surface area contributed by atoms with Crippen LogP contribution in [0.25, 0.3) is 0 Å². The maximum atomic E-state index is 13.7. The zero-order chi connectivity index (χ0) is 16.2. The van der Waals surface area contributed by atoms with Crippen LogP contribution in [0.15, 0.2) is 48.5 Å². The first kappa shape index (κ1) is 16.6. The van der Waals surface area contributed by atoms with Crippen molar-refractivity contribution in [1.82, 2.24) is 0 Å². The smallest absolute Gasteiger partial charge is 0.123 e. The van der Waals surface area contributed by atoms with Gasteiger partial charge in [-0.25, -0.2) is 8.78 Å². The van der Waals surface area contributed by atoms with E-state index in [1.807, 2.05) is 12.1 Å². The van der Waals surface area contributed by atoms with E-state index in [-0.39, 0.29) is 23.0 Å². The molecule has 1 nitrogen and oxygen atoms in total. The van der Waals surface area contributed by atoms with Crippen LogP contribution in [0, 0.1) is 17.0 Å². The van der Waals surface area contributed by atoms with E-state index in [0.717, 1.165) is 24.0 Å². The number of hydrogen-bond acceptors (Lipinski definition) is 1. The molecule has 2 aromatic rings. The van der Waals surface area contributed by atoms with Gasteiger partial charge in [-0.3, -0.25) is 0 Å². The molecule has 0 bridgehead atoms. The highest BCUT2D eigenvalue weighted by Gasteiger charge is 2.36. The van der Waals surface area contributed by atoms with Gasteiger partial charge >= 0.3 is 0 Å². The minimum absolute atomic E-state index is 0.126. The summed E-state index contributed by atoms with van der Waals surface area (Å²) in [6.45, 7) is 4.64. The fourth-order valence-corrected chi connectivity index (χ4v) is 3.34. The number of nitrogens with two attached hydrogens (primary N) is 1. The number of halogens is 2. The normalized spacial score (nSPS) is 11.9. The van der Waals surface area contributed by atoms with E-state index in [4.69, 9.17) is 5.73 Å². The van der Waals surface area contributed by atoms with E-state index >= 15 is 0 Å². The van der Waals surface area contributed by atoms with Crippen LogP contribution >= 0.6 is 0 Å². The molecule has 0 atom stereocenters. The molecule has 0 aliphatic heterocycles. The highest BCUT2D eigenvalue weighted by atomic mass is 19.1. The van der Waals surface area contributed by atoms with Gasteiger partial charge in [-0.05, 0) is 60.2 Å². The Morgan fingerprint density at radius 2 is 1.36 bits per heavy atom. The van der Waals surface area contributed by atoms with E-state index in [1.54, 1.807) is 12.1 Å². The van der Waals surface area contributed by atoms with Gasteiger partial charge in [0.15, 0.2) is 0 Å². The Morgan fingerprint density at radius 1 is 0.909 bits per heavy atom. The second-order valence-corrected chi connectivity index (χ2v) is 5.82. The maximum Gasteiger partial charge on any atom is 0.123 e. The monoisotopic (exact) mass is 303 g/mol. The highest BCUT2D eigenvalue weighted by molar-refractivity contribution is 5.36. The van der Waals surface area contributed by atoms with Crippen LogP contribution in [-0.4, -0.2) is 6.54 Å². The summed E-state index contributed by atoms with van der Waals surface area (Å²) >= 11 is 0. The van der Waals surface area contributed by atoms with Crippen LogP contribution in [0.2, 0.25) is 0 Å². The Bertz CT molecular complexity index is 567. The second-order valence-electron chi connectivity index (χ2n) is 5.82. The van der Waals surface area contributed by atoms with Crippen molar-refractivity contribution >= 4 is 0 Å². The molecule has 0 saturated heterocycles. The van der Waals surface area contributed by atoms with Gasteiger partial charge in [0.25, 0.3) is 0 Å². The molecule has 0 aromatic heterocycles. The zero-order valence-corrected chi connectivity index (χ0v) is 13.2. The fourth-order valence-electron chi connectivity index (χ4n) is 3.34. The molecule has 0 unspecified atom stereocenters. The van der Waals surface area contributed by atoms with E-state index < -0.39 is 0 Å². The van der Waals surface area contributed by atoms with Crippen LogP contribution in [0.3, 0.4) is 0 Å². The molecule has 0 radical (unpaired) electrons. The first-order chi connectivity index (χ1) is 10.6. The van der Waals surface area contributed by atoms with Crippen molar-refractivity contribution in [1.29, 1.82) is 0 Å². The lowest BCUT2D eigenvalue weighted by Crippen LogP contribution is -2.36. The van der Waals surface area contributed by atoms with Crippen molar-refractivity contribution in [2.24, 2.45) is 11.1 Å². The van der Waals surface area contributed by atoms with Crippen molar-refractivity contribution in [2.45, 2.75) is 32.6 Å². The molecule has 0 spiro atoms. The van der Waals surface area contributed by atoms with Gasteiger partial charge < -0.3 is 5.73 Å². The minimum atomic E-state index is -0.281. The summed E-state index contributed by atoms with van der Waals surface area (Å²) in [6, 6.07) is 13.1. The third-order valence-corrected chi connectivity index (χ3v) is 4.79. The first-order valence-electron chi connectivity index (χ1n) is 7.77. The predicted molar refractivity (Wildman–Crippen MR) is 86.7 cm³/mol. The summed E-state index contributed by atoms with van der Waals surface area (Å²) in [4.78, 5) is 0. The first-order valence-corrected chi connectivity index (χ1v) is 7.77. The van der Waals surface area contributed by atoms with Crippen molar-refractivity contribution in [3.63, 3.8) is 0 Å². The van der Waals surface area contributed by atoms with E-state index in [9.17, 15) is 8.78 Å². The summed E-state index contributed by atoms with van der Waals surface area (Å²) in [5, 5.41) is 0. The number of rotatable bonds is 6. The third-order valence-electron chi connectivity index (χ3n) is 4.79. The number of hydrogen-bond donors (Lipinski definition) is 1. The van der Waals surface area contributed by atoms with Crippen LogP contribution in [0.4, 0.5) is 8.78 Å². The second kappa shape index (κ2) is 7.01. The molecule has 3 heteroatoms. The lowest BCUT2D eigenvalue weighted by Gasteiger charge is -2.39. The van der Waals surface area contributed by atoms with Crippen molar-refractivity contribution in [2.75, 3.05) is 6.54 Å². The zero-order valence-electron chi connectivity index (χ0n) is 13.2. The third kappa shape index (κ3) is 3.20. The van der Waals surface area contributed by atoms with E-state index in [1.165, 1.54) is 24.3 Å². The molecule has 2 rings (SSSR count). The van der Waals surface area contributed by atoms with Crippen LogP contribution < -0.4 is 5.73 Å². The molecule has 2 N–H and O–H groups in total. The Morgan fingerprint density at radius 3 is 1.68 bits per heavy atom. The van der Waals surface area contributed by atoms with Gasteiger partial charge in [0, 0.05) is 5.92 Å². The molecule has 0 heterocycles. The van der Waals surface area contributed by atoms with E-state index in [2.05, 4.69) is 13.8 Å². The van der Waals surface area contributed by atoms with Crippen LogP contribution in [0.1, 0.15) is 43.7 Å². The van der Waals surface area contributed by atoms with Gasteiger partial charge in [0.2, 0.25) is 0 Å². The molecule has 22 heavy (non-hydrogen) atoms. The summed E-state index contributed by atoms with van der Waals surface area (Å²) in [7, 11) is 0. The van der Waals surface area contributed by atoms with Gasteiger partial charge in [-0.15, -0.1) is 0 Å². The van der Waals surface area contributed by atoms with E-state index in [0.29, 0.717) is 6.54 Å². The maximum absolute atomic E-state index is 13.7. The topological polar surface area (TPSA) is 26.0 Å². The summed E-state index contributed by atoms with van der Waals surface area (Å²) in [5.74, 6) is -0.687. The number of benzene rings is 2. The molecule has 0 fully saturated rings. The SMILES string of the molecule is CCC(CC)(CN)C(c1cccc(F)c1)c1cccc(F)c1. The summed E-state index contributed by atoms with van der Waals surface area (Å²) in [5.41, 5.74) is 7.57. The molecule has 2 aromatic carbocycles. The molecule has 118 valence electrons. The average molecular weight is 303 g/mol. The largest absolute Gasteiger partial charge is 0.330 e. The quantitative estimate of drug-likeness (QED) is 0.810. The Kier molecular flexibility index (Phi) is 5.30. The molecular formula is C19H23F2N. The highest BCUT2D eigenvalue weighted by Crippen LogP contribution is 2.45. The minimum Gasteiger partial charge on any atom is -0.330 e. The standard InChI is InChI=1S/C19H23F2N/c1-3-19(4-2,13-22)18(14-7-5-9-16(20)11-14)15-8-6-10-17(21)12-15/h5-12,18H,3-4,13,22H2,1-2H3. The Hall–Kier alpha value is -1.74. The molecule has 0 amide bonds. The van der Waals surface area contributed by atoms with Crippen molar-refractivity contribution < 1.29 is 8.78 Å². The fraction of sp³-hybridized carbons (Fsp3) is 0.368. The predicted octanol–water partition coefficient (Wildman–Crippen LogP) is 4.86. The lowest BCUT2D eigenvalue weighted by atomic mass is 9.65. The summed E-state index contributed by atoms with van der Waals surface area (Å²) < 4.78 is 27.4. The molecule has 0 saturated carbocycles. The van der Waals surface area contributed by atoms with Crippen molar-refractivity contribution in [3.8, 4) is 0 Å². The Balaban J connectivity index is 2.63. The van der Waals surface area contributed by atoms with Crippen LogP contribution in [0.5, 0.6) is 0 Å². The van der Waals surface area contributed by atoms with Crippen LogP contribution in [-0.2, 0) is 0 Å². The molecule has 0 aliphatic carbocycles. The van der Waals surface area contributed by atoms with Crippen molar-refractivity contribution in [3.05, 3.63) is 71.3 Å². The lowest BCUT2D eigenvalue weighted by molar-refractivity contribution is 0.235. The van der Waals surface area contributed by atoms with Gasteiger partial charge in [0.05, 0.1) is 0 Å². The van der Waals surface area contributed by atoms with Gasteiger partial charge in [0.1, 0.15) is 11.6 Å². The Labute approximate surface area is 131 Å². The average Bonchev–Trinajstić information content (AvgIpc) is 2.52. The van der Waals surface area contributed by atoms with Gasteiger partial charge in [-0.1, -0.05) is 38.1 Å². The summed E-state index contributed by atoms with van der Waals surface area (Å²) in [6.07, 6.45) is 1.69. The molecular weight excluding hydrogens is 280 g/mol.